The molecule has 1 saturated carbocycles. The van der Waals surface area contributed by atoms with Crippen molar-refractivity contribution in [3.05, 3.63) is 34.9 Å². The smallest absolute Gasteiger partial charge is 0.362 e. The van der Waals surface area contributed by atoms with Crippen LogP contribution in [0.25, 0.3) is 0 Å². The maximum absolute atomic E-state index is 13.7. The van der Waals surface area contributed by atoms with Crippen LogP contribution in [0.2, 0.25) is 5.02 Å². The second-order valence-electron chi connectivity index (χ2n) is 6.06. The van der Waals surface area contributed by atoms with Gasteiger partial charge in [-0.3, -0.25) is 4.79 Å². The topological polar surface area (TPSA) is 52.9 Å². The van der Waals surface area contributed by atoms with Crippen LogP contribution in [0.1, 0.15) is 42.5 Å². The summed E-state index contributed by atoms with van der Waals surface area (Å²) in [6, 6.07) is 5.78. The Morgan fingerprint density at radius 1 is 1.29 bits per heavy atom. The van der Waals surface area contributed by atoms with Gasteiger partial charge in [0.25, 0.3) is 11.6 Å². The molecular formula is C16H16ClF3N2O2. The summed E-state index contributed by atoms with van der Waals surface area (Å²) in [4.78, 5) is 12.6. The molecule has 0 saturated heterocycles. The van der Waals surface area contributed by atoms with Crippen LogP contribution >= 0.6 is 11.6 Å². The summed E-state index contributed by atoms with van der Waals surface area (Å²) in [7, 11) is 0. The van der Waals surface area contributed by atoms with Crippen LogP contribution in [0.3, 0.4) is 0 Å². The molecule has 8 heteroatoms. The summed E-state index contributed by atoms with van der Waals surface area (Å²) >= 11 is 5.93. The van der Waals surface area contributed by atoms with E-state index in [4.69, 9.17) is 11.6 Å². The van der Waals surface area contributed by atoms with Crippen LogP contribution in [0.15, 0.2) is 29.4 Å². The maximum atomic E-state index is 13.7. The zero-order chi connectivity index (χ0) is 17.5. The van der Waals surface area contributed by atoms with Crippen molar-refractivity contribution < 1.29 is 23.1 Å². The van der Waals surface area contributed by atoms with Crippen LogP contribution < -0.4 is 0 Å². The van der Waals surface area contributed by atoms with E-state index in [0.29, 0.717) is 19.3 Å². The van der Waals surface area contributed by atoms with Crippen molar-refractivity contribution in [2.45, 2.75) is 44.0 Å². The predicted octanol–water partition coefficient (Wildman–Crippen LogP) is 3.98. The number of hydrogen-bond acceptors (Lipinski definition) is 3. The van der Waals surface area contributed by atoms with E-state index in [-0.39, 0.29) is 27.7 Å². The Bertz CT molecular complexity index is 692. The number of fused-ring (bicyclic) bond motifs is 1. The standard InChI is InChI=1S/C16H16ClF3N2O2/c17-12-8-5-4-6-10(12)14(23)22-15(24,16(18,19)20)11-7-2-1-3-9-13(11)21-22/h4-6,8,11,24H,1-3,7,9H2/t11-,15-/m0/s1. The lowest BCUT2D eigenvalue weighted by molar-refractivity contribution is -0.312. The van der Waals surface area contributed by atoms with Crippen molar-refractivity contribution in [3.63, 3.8) is 0 Å². The summed E-state index contributed by atoms with van der Waals surface area (Å²) in [6.07, 6.45) is -2.52. The van der Waals surface area contributed by atoms with Gasteiger partial charge in [-0.1, -0.05) is 36.6 Å². The Kier molecular flexibility index (Phi) is 4.34. The number of amides is 1. The Morgan fingerprint density at radius 2 is 2.00 bits per heavy atom. The number of hydrogen-bond donors (Lipinski definition) is 1. The molecule has 3 rings (SSSR count). The van der Waals surface area contributed by atoms with E-state index in [1.54, 1.807) is 6.07 Å². The summed E-state index contributed by atoms with van der Waals surface area (Å²) in [5.41, 5.74) is -3.22. The number of aliphatic hydroxyl groups is 1. The minimum absolute atomic E-state index is 0.0133. The summed E-state index contributed by atoms with van der Waals surface area (Å²) < 4.78 is 41.2. The number of halogens is 4. The van der Waals surface area contributed by atoms with Crippen LogP contribution in [-0.2, 0) is 0 Å². The molecule has 4 nitrogen and oxygen atoms in total. The van der Waals surface area contributed by atoms with E-state index < -0.39 is 23.7 Å². The van der Waals surface area contributed by atoms with Crippen molar-refractivity contribution in [1.29, 1.82) is 0 Å². The van der Waals surface area contributed by atoms with Crippen molar-refractivity contribution in [3.8, 4) is 0 Å². The molecule has 0 spiro atoms. The quantitative estimate of drug-likeness (QED) is 0.823. The molecule has 2 aliphatic rings. The molecule has 1 amide bonds. The molecule has 1 aromatic carbocycles. The molecule has 130 valence electrons. The van der Waals surface area contributed by atoms with E-state index in [9.17, 15) is 23.1 Å². The van der Waals surface area contributed by atoms with Crippen molar-refractivity contribution in [2.24, 2.45) is 11.0 Å². The highest BCUT2D eigenvalue weighted by molar-refractivity contribution is 6.33. The van der Waals surface area contributed by atoms with Gasteiger partial charge in [0, 0.05) is 5.71 Å². The van der Waals surface area contributed by atoms with Gasteiger partial charge in [-0.15, -0.1) is 0 Å². The lowest BCUT2D eigenvalue weighted by Gasteiger charge is -2.37. The van der Waals surface area contributed by atoms with Crippen LogP contribution in [0, 0.1) is 5.92 Å². The fraction of sp³-hybridized carbons (Fsp3) is 0.500. The number of nitrogens with zero attached hydrogens (tertiary/aromatic N) is 2. The highest BCUT2D eigenvalue weighted by atomic mass is 35.5. The van der Waals surface area contributed by atoms with E-state index in [1.165, 1.54) is 18.2 Å². The van der Waals surface area contributed by atoms with Crippen LogP contribution in [-0.4, -0.2) is 33.6 Å². The van der Waals surface area contributed by atoms with Gasteiger partial charge >= 0.3 is 6.18 Å². The summed E-state index contributed by atoms with van der Waals surface area (Å²) in [5.74, 6) is -2.28. The van der Waals surface area contributed by atoms with E-state index in [2.05, 4.69) is 5.10 Å². The normalized spacial score (nSPS) is 27.5. The first-order valence-electron chi connectivity index (χ1n) is 7.72. The van der Waals surface area contributed by atoms with Gasteiger partial charge < -0.3 is 5.11 Å². The van der Waals surface area contributed by atoms with Crippen molar-refractivity contribution >= 4 is 23.2 Å². The molecule has 1 aliphatic carbocycles. The molecule has 0 aromatic heterocycles. The first-order valence-corrected chi connectivity index (χ1v) is 8.10. The Balaban J connectivity index is 2.07. The Hall–Kier alpha value is -1.60. The highest BCUT2D eigenvalue weighted by Gasteiger charge is 2.68. The molecule has 1 heterocycles. The number of carbonyl (C=O) groups excluding carboxylic acids is 1. The molecule has 24 heavy (non-hydrogen) atoms. The molecule has 0 unspecified atom stereocenters. The molecule has 0 bridgehead atoms. The molecule has 2 atom stereocenters. The molecule has 1 aromatic rings. The van der Waals surface area contributed by atoms with Gasteiger partial charge in [0.1, 0.15) is 0 Å². The average Bonchev–Trinajstić information content (AvgIpc) is 2.68. The average molecular weight is 361 g/mol. The second kappa shape index (κ2) is 6.04. The van der Waals surface area contributed by atoms with Crippen LogP contribution in [0.5, 0.6) is 0 Å². The third kappa shape index (κ3) is 2.59. The van der Waals surface area contributed by atoms with Crippen molar-refractivity contribution in [1.82, 2.24) is 5.01 Å². The number of alkyl halides is 3. The third-order valence-electron chi connectivity index (χ3n) is 4.58. The van der Waals surface area contributed by atoms with Gasteiger partial charge in [0.2, 0.25) is 0 Å². The number of benzene rings is 1. The lowest BCUT2D eigenvalue weighted by atomic mass is 9.87. The third-order valence-corrected chi connectivity index (χ3v) is 4.91. The predicted molar refractivity (Wildman–Crippen MR) is 82.6 cm³/mol. The molecule has 1 fully saturated rings. The first kappa shape index (κ1) is 17.2. The summed E-state index contributed by atoms with van der Waals surface area (Å²) in [6.45, 7) is 0. The monoisotopic (exact) mass is 360 g/mol. The van der Waals surface area contributed by atoms with Gasteiger partial charge in [0.05, 0.1) is 16.5 Å². The zero-order valence-corrected chi connectivity index (χ0v) is 13.4. The fourth-order valence-electron chi connectivity index (χ4n) is 3.34. The second-order valence-corrected chi connectivity index (χ2v) is 6.47. The van der Waals surface area contributed by atoms with E-state index in [1.807, 2.05) is 0 Å². The van der Waals surface area contributed by atoms with Gasteiger partial charge in [-0.2, -0.15) is 23.3 Å². The minimum Gasteiger partial charge on any atom is -0.362 e. The Morgan fingerprint density at radius 3 is 2.67 bits per heavy atom. The zero-order valence-electron chi connectivity index (χ0n) is 12.7. The largest absolute Gasteiger partial charge is 0.439 e. The maximum Gasteiger partial charge on any atom is 0.439 e. The number of hydrazone groups is 1. The van der Waals surface area contributed by atoms with Gasteiger partial charge in [-0.05, 0) is 31.4 Å². The fourth-order valence-corrected chi connectivity index (χ4v) is 3.56. The number of carbonyl (C=O) groups is 1. The molecule has 0 radical (unpaired) electrons. The van der Waals surface area contributed by atoms with Gasteiger partial charge in [0.15, 0.2) is 0 Å². The van der Waals surface area contributed by atoms with Crippen LogP contribution in [0.4, 0.5) is 13.2 Å². The molecule has 1 N–H and O–H groups in total. The SMILES string of the molecule is O=C(c1ccccc1Cl)N1N=C2CCCCC[C@@H]2[C@]1(O)C(F)(F)F. The van der Waals surface area contributed by atoms with E-state index >= 15 is 0 Å². The first-order chi connectivity index (χ1) is 11.3. The highest BCUT2D eigenvalue weighted by Crippen LogP contribution is 2.48. The van der Waals surface area contributed by atoms with Crippen molar-refractivity contribution in [2.75, 3.05) is 0 Å². The lowest BCUT2D eigenvalue weighted by Crippen LogP contribution is -2.61. The Labute approximate surface area is 141 Å². The minimum atomic E-state index is -5.02. The van der Waals surface area contributed by atoms with E-state index in [0.717, 1.165) is 6.42 Å². The molecule has 1 aliphatic heterocycles. The summed E-state index contributed by atoms with van der Waals surface area (Å²) in [5, 5.41) is 14.6. The number of rotatable bonds is 1. The van der Waals surface area contributed by atoms with Gasteiger partial charge in [-0.25, -0.2) is 0 Å². The molecular weight excluding hydrogens is 345 g/mol.